The summed E-state index contributed by atoms with van der Waals surface area (Å²) in [6.45, 7) is 0. The Morgan fingerprint density at radius 1 is 0.378 bits per heavy atom. The third-order valence-corrected chi connectivity index (χ3v) is 8.40. The van der Waals surface area contributed by atoms with Gasteiger partial charge in [-0.15, -0.1) is 0 Å². The lowest BCUT2D eigenvalue weighted by Crippen LogP contribution is -2.11. The summed E-state index contributed by atoms with van der Waals surface area (Å²) in [4.78, 5) is 2.32. The Hall–Kier alpha value is -5.13. The van der Waals surface area contributed by atoms with Crippen molar-refractivity contribution in [3.63, 3.8) is 0 Å². The molecule has 7 aromatic rings. The largest absolute Gasteiger partial charge is 0.457 e. The Morgan fingerprint density at radius 3 is 1.47 bits per heavy atom. The van der Waals surface area contributed by atoms with Crippen LogP contribution in [0.15, 0.2) is 182 Å². The number of ether oxygens (including phenoxy) is 1. The number of hydrogen-bond donors (Lipinski definition) is 0. The van der Waals surface area contributed by atoms with Crippen LogP contribution < -0.4 is 9.64 Å². The number of halogens is 1. The average molecular weight is 692 g/mol. The molecule has 0 unspecified atom stereocenters. The van der Waals surface area contributed by atoms with E-state index in [4.69, 9.17) is 4.74 Å². The molecule has 0 aliphatic carbocycles. The van der Waals surface area contributed by atoms with Crippen LogP contribution in [-0.4, -0.2) is 0 Å². The summed E-state index contributed by atoms with van der Waals surface area (Å²) in [5.74, 6) is 1.58. The van der Waals surface area contributed by atoms with Crippen molar-refractivity contribution in [1.29, 1.82) is 0 Å². The van der Waals surface area contributed by atoms with Crippen molar-refractivity contribution < 1.29 is 4.74 Å². The molecule has 216 valence electrons. The number of benzene rings is 7. The maximum atomic E-state index is 6.47. The first-order valence-corrected chi connectivity index (χ1v) is 16.0. The van der Waals surface area contributed by atoms with Crippen molar-refractivity contribution in [3.8, 4) is 44.9 Å². The Bertz CT molecular complexity index is 2010. The van der Waals surface area contributed by atoms with E-state index in [-0.39, 0.29) is 0 Å². The molecule has 0 aliphatic rings. The number of para-hydroxylation sites is 1. The molecule has 0 spiro atoms. The Morgan fingerprint density at radius 2 is 0.867 bits per heavy atom. The monoisotopic (exact) mass is 691 g/mol. The quantitative estimate of drug-likeness (QED) is 0.147. The molecule has 0 radical (unpaired) electrons. The van der Waals surface area contributed by atoms with Crippen LogP contribution in [0.3, 0.4) is 0 Å². The smallest absolute Gasteiger partial charge is 0.130 e. The predicted octanol–water partition coefficient (Wildman–Crippen LogP) is 12.6. The van der Waals surface area contributed by atoms with Crippen LogP contribution in [0.1, 0.15) is 0 Å². The first kappa shape index (κ1) is 28.6. The second-order valence-corrected chi connectivity index (χ2v) is 12.0. The minimum absolute atomic E-state index is 0.785. The molecule has 0 amide bonds. The Labute approximate surface area is 278 Å². The van der Waals surface area contributed by atoms with Gasteiger partial charge in [0.2, 0.25) is 0 Å². The van der Waals surface area contributed by atoms with E-state index in [1.54, 1.807) is 0 Å². The number of hydrogen-bond acceptors (Lipinski definition) is 2. The highest BCUT2D eigenvalue weighted by Crippen LogP contribution is 2.43. The van der Waals surface area contributed by atoms with Crippen molar-refractivity contribution in [3.05, 3.63) is 186 Å². The molecule has 2 nitrogen and oxygen atoms in total. The van der Waals surface area contributed by atoms with Gasteiger partial charge in [-0.25, -0.2) is 0 Å². The molecule has 0 heterocycles. The highest BCUT2D eigenvalue weighted by atomic mass is 127. The van der Waals surface area contributed by atoms with Crippen molar-refractivity contribution in [2.45, 2.75) is 0 Å². The summed E-state index contributed by atoms with van der Waals surface area (Å²) >= 11 is 2.39. The number of nitrogens with zero attached hydrogens (tertiary/aromatic N) is 1. The minimum Gasteiger partial charge on any atom is -0.457 e. The Balaban J connectivity index is 1.29. The molecule has 45 heavy (non-hydrogen) atoms. The zero-order valence-electron chi connectivity index (χ0n) is 24.6. The maximum Gasteiger partial charge on any atom is 0.130 e. The van der Waals surface area contributed by atoms with Crippen molar-refractivity contribution in [1.82, 2.24) is 0 Å². The lowest BCUT2D eigenvalue weighted by molar-refractivity contribution is 0.482. The minimum atomic E-state index is 0.785. The molecular weight excluding hydrogens is 661 g/mol. The van der Waals surface area contributed by atoms with Crippen molar-refractivity contribution >= 4 is 39.7 Å². The van der Waals surface area contributed by atoms with Crippen molar-refractivity contribution in [2.24, 2.45) is 0 Å². The highest BCUT2D eigenvalue weighted by Gasteiger charge is 2.19. The highest BCUT2D eigenvalue weighted by molar-refractivity contribution is 14.1. The van der Waals surface area contributed by atoms with E-state index in [0.717, 1.165) is 43.3 Å². The van der Waals surface area contributed by atoms with Crippen LogP contribution in [0, 0.1) is 3.57 Å². The zero-order valence-corrected chi connectivity index (χ0v) is 26.7. The van der Waals surface area contributed by atoms with E-state index in [9.17, 15) is 0 Å². The van der Waals surface area contributed by atoms with E-state index >= 15 is 0 Å². The molecule has 0 aliphatic heterocycles. The first-order valence-electron chi connectivity index (χ1n) is 15.0. The molecule has 3 heteroatoms. The van der Waals surface area contributed by atoms with Crippen LogP contribution >= 0.6 is 22.6 Å². The summed E-state index contributed by atoms with van der Waals surface area (Å²) in [6.07, 6.45) is 0. The number of anilines is 3. The summed E-state index contributed by atoms with van der Waals surface area (Å²) in [6, 6.07) is 63.5. The van der Waals surface area contributed by atoms with E-state index < -0.39 is 0 Å². The number of rotatable bonds is 8. The van der Waals surface area contributed by atoms with E-state index in [0.29, 0.717) is 0 Å². The fourth-order valence-electron chi connectivity index (χ4n) is 5.61. The fraction of sp³-hybridized carbons (Fsp3) is 0. The van der Waals surface area contributed by atoms with Crippen LogP contribution in [-0.2, 0) is 0 Å². The first-order chi connectivity index (χ1) is 22.2. The molecule has 0 N–H and O–H groups in total. The third-order valence-electron chi connectivity index (χ3n) is 7.77. The molecule has 0 atom stereocenters. The van der Waals surface area contributed by atoms with Gasteiger partial charge in [-0.2, -0.15) is 0 Å². The van der Waals surface area contributed by atoms with Crippen molar-refractivity contribution in [2.75, 3.05) is 4.90 Å². The van der Waals surface area contributed by atoms with Crippen LogP contribution in [0.2, 0.25) is 0 Å². The van der Waals surface area contributed by atoms with Gasteiger partial charge in [-0.05, 0) is 92.9 Å². The summed E-state index contributed by atoms with van der Waals surface area (Å²) in [5.41, 5.74) is 10.2. The van der Waals surface area contributed by atoms with Crippen LogP contribution in [0.5, 0.6) is 11.5 Å². The summed E-state index contributed by atoms with van der Waals surface area (Å²) in [5, 5.41) is 0. The van der Waals surface area contributed by atoms with Gasteiger partial charge in [-0.3, -0.25) is 0 Å². The lowest BCUT2D eigenvalue weighted by Gasteiger charge is -2.28. The normalized spacial score (nSPS) is 10.8. The second-order valence-electron chi connectivity index (χ2n) is 10.8. The summed E-state index contributed by atoms with van der Waals surface area (Å²) in [7, 11) is 0. The van der Waals surface area contributed by atoms with E-state index in [1.165, 1.54) is 22.3 Å². The average Bonchev–Trinajstić information content (AvgIpc) is 3.10. The van der Waals surface area contributed by atoms with Gasteiger partial charge in [0, 0.05) is 20.9 Å². The van der Waals surface area contributed by atoms with Crippen LogP contribution in [0.4, 0.5) is 17.1 Å². The van der Waals surface area contributed by atoms with Gasteiger partial charge in [-0.1, -0.05) is 133 Å². The van der Waals surface area contributed by atoms with Gasteiger partial charge < -0.3 is 9.64 Å². The van der Waals surface area contributed by atoms with E-state index in [2.05, 4.69) is 191 Å². The zero-order chi connectivity index (χ0) is 30.4. The topological polar surface area (TPSA) is 12.5 Å². The molecule has 0 bridgehead atoms. The third kappa shape index (κ3) is 6.54. The maximum absolute atomic E-state index is 6.47. The molecular formula is C42H30INO. The van der Waals surface area contributed by atoms with Gasteiger partial charge in [0.25, 0.3) is 0 Å². The van der Waals surface area contributed by atoms with Gasteiger partial charge in [0.15, 0.2) is 0 Å². The van der Waals surface area contributed by atoms with E-state index in [1.807, 2.05) is 18.2 Å². The molecule has 7 aromatic carbocycles. The molecule has 0 fully saturated rings. The predicted molar refractivity (Wildman–Crippen MR) is 197 cm³/mol. The lowest BCUT2D eigenvalue weighted by atomic mass is 10.0. The van der Waals surface area contributed by atoms with Crippen LogP contribution in [0.25, 0.3) is 33.4 Å². The standard InChI is InChI=1S/C42H30INO/c43-36-28-38(30-40(29-36)45-39-26-22-34(23-27-39)32-14-6-2-7-15-32)44(37-24-20-33(21-25-37)31-12-4-1-5-13-31)42-19-11-10-18-41(42)35-16-8-3-9-17-35/h1-30H. The molecule has 0 saturated heterocycles. The molecule has 0 aromatic heterocycles. The molecule has 0 saturated carbocycles. The van der Waals surface area contributed by atoms with Gasteiger partial charge in [0.1, 0.15) is 11.5 Å². The Kier molecular flexibility index (Phi) is 8.43. The second kappa shape index (κ2) is 13.2. The fourth-order valence-corrected chi connectivity index (χ4v) is 6.24. The van der Waals surface area contributed by atoms with Gasteiger partial charge >= 0.3 is 0 Å². The summed E-state index contributed by atoms with van der Waals surface area (Å²) < 4.78 is 7.56. The SMILES string of the molecule is Ic1cc(Oc2ccc(-c3ccccc3)cc2)cc(N(c2ccc(-c3ccccc3)cc2)c2ccccc2-c2ccccc2)c1. The van der Waals surface area contributed by atoms with Gasteiger partial charge in [0.05, 0.1) is 11.4 Å². The molecule has 7 rings (SSSR count).